The predicted molar refractivity (Wildman–Crippen MR) is 149 cm³/mol. The van der Waals surface area contributed by atoms with Crippen LogP contribution in [-0.4, -0.2) is 47.7 Å². The molecule has 4 rings (SSSR count). The summed E-state index contributed by atoms with van der Waals surface area (Å²) in [5.41, 5.74) is 3.46. The van der Waals surface area contributed by atoms with Gasteiger partial charge in [-0.1, -0.05) is 12.1 Å². The number of phenolic OH excluding ortho intramolecular Hbond substituents is 1. The van der Waals surface area contributed by atoms with E-state index in [2.05, 4.69) is 10.2 Å². The molecule has 1 aliphatic heterocycles. The van der Waals surface area contributed by atoms with E-state index in [4.69, 9.17) is 14.2 Å². The lowest BCUT2D eigenvalue weighted by molar-refractivity contribution is -0.152. The van der Waals surface area contributed by atoms with Crippen LogP contribution >= 0.6 is 0 Å². The Morgan fingerprint density at radius 1 is 1.10 bits per heavy atom. The van der Waals surface area contributed by atoms with Gasteiger partial charge in [0.05, 0.1) is 12.7 Å². The van der Waals surface area contributed by atoms with Gasteiger partial charge in [-0.15, -0.1) is 0 Å². The van der Waals surface area contributed by atoms with Gasteiger partial charge < -0.3 is 24.6 Å². The van der Waals surface area contributed by atoms with Gasteiger partial charge in [0.1, 0.15) is 23.1 Å². The van der Waals surface area contributed by atoms with Crippen molar-refractivity contribution >= 4 is 17.6 Å². The molecule has 3 aromatic carbocycles. The molecule has 0 aliphatic carbocycles. The molecular weight excluding hydrogens is 515 g/mol. The fourth-order valence-corrected chi connectivity index (χ4v) is 4.83. The molecule has 2 N–H and O–H groups in total. The molecule has 1 atom stereocenters. The summed E-state index contributed by atoms with van der Waals surface area (Å²) in [5, 5.41) is 13.2. The summed E-state index contributed by atoms with van der Waals surface area (Å²) in [6.45, 7) is 7.72. The van der Waals surface area contributed by atoms with Crippen molar-refractivity contribution in [2.24, 2.45) is 0 Å². The lowest BCUT2D eigenvalue weighted by atomic mass is 10.1. The maximum atomic E-state index is 13.9. The van der Waals surface area contributed by atoms with Crippen molar-refractivity contribution in [2.45, 2.75) is 52.8 Å². The monoisotopic (exact) mass is 550 g/mol. The van der Waals surface area contributed by atoms with Gasteiger partial charge in [0.2, 0.25) is 0 Å². The second-order valence-electron chi connectivity index (χ2n) is 9.94. The van der Waals surface area contributed by atoms with E-state index in [1.165, 1.54) is 12.1 Å². The van der Waals surface area contributed by atoms with Gasteiger partial charge in [0.15, 0.2) is 0 Å². The highest BCUT2D eigenvalue weighted by molar-refractivity contribution is 6.37. The molecule has 40 heavy (non-hydrogen) atoms. The Labute approximate surface area is 233 Å². The molecule has 0 bridgehead atoms. The van der Waals surface area contributed by atoms with Crippen LogP contribution in [0.3, 0.4) is 0 Å². The number of amides is 1. The number of nitrogens with one attached hydrogen (secondary N) is 1. The highest BCUT2D eigenvalue weighted by atomic mass is 19.1. The van der Waals surface area contributed by atoms with E-state index in [-0.39, 0.29) is 24.3 Å². The Morgan fingerprint density at radius 3 is 2.55 bits per heavy atom. The van der Waals surface area contributed by atoms with E-state index in [9.17, 15) is 19.1 Å². The number of carbonyl (C=O) groups is 2. The lowest BCUT2D eigenvalue weighted by Gasteiger charge is -2.26. The number of halogens is 1. The fraction of sp³-hybridized carbons (Fsp3) is 0.355. The van der Waals surface area contributed by atoms with Crippen LogP contribution in [-0.2, 0) is 32.2 Å². The lowest BCUT2D eigenvalue weighted by Crippen LogP contribution is -2.31. The molecular formula is C31H35FN2O6. The van der Waals surface area contributed by atoms with E-state index in [1.807, 2.05) is 19.9 Å². The van der Waals surface area contributed by atoms with Crippen LogP contribution < -0.4 is 10.1 Å². The maximum Gasteiger partial charge on any atom is 0.397 e. The maximum absolute atomic E-state index is 13.9. The van der Waals surface area contributed by atoms with Crippen LogP contribution in [0.15, 0.2) is 54.6 Å². The van der Waals surface area contributed by atoms with Crippen LogP contribution in [0.4, 0.5) is 10.1 Å². The second kappa shape index (κ2) is 13.4. The van der Waals surface area contributed by atoms with Gasteiger partial charge in [-0.05, 0) is 92.8 Å². The Bertz CT molecular complexity index is 1330. The van der Waals surface area contributed by atoms with Crippen molar-refractivity contribution < 1.29 is 33.3 Å². The molecule has 0 aromatic heterocycles. The zero-order valence-corrected chi connectivity index (χ0v) is 23.0. The summed E-state index contributed by atoms with van der Waals surface area (Å²) in [7, 11) is 0. The third kappa shape index (κ3) is 7.80. The average Bonchev–Trinajstić information content (AvgIpc) is 3.41. The number of hydrogen-bond donors (Lipinski definition) is 2. The minimum atomic E-state index is -0.944. The Morgan fingerprint density at radius 2 is 1.88 bits per heavy atom. The number of phenols is 1. The summed E-state index contributed by atoms with van der Waals surface area (Å²) in [6.07, 6.45) is 2.06. The molecule has 1 heterocycles. The molecule has 1 amide bonds. The molecule has 0 radical (unpaired) electrons. The second-order valence-corrected chi connectivity index (χ2v) is 9.94. The smallest absolute Gasteiger partial charge is 0.397 e. The average molecular weight is 551 g/mol. The quantitative estimate of drug-likeness (QED) is 0.250. The molecule has 0 saturated carbocycles. The topological polar surface area (TPSA) is 97.3 Å². The van der Waals surface area contributed by atoms with E-state index >= 15 is 0 Å². The number of benzene rings is 3. The summed E-state index contributed by atoms with van der Waals surface area (Å²) in [6, 6.07) is 15.0. The standard InChI is InChI=1S/C31H35FN2O6/c1-4-38-31(37)30(36)33-25-13-20(2)29(21(3)14-25)40-26-10-11-28(35)23(16-26)18-34(19-27-9-6-12-39-27)17-22-7-5-8-24(32)15-22/h5,7-8,10-11,13-16,27,35H,4,6,9,12,17-19H2,1-3H3,(H,33,36). The molecule has 212 valence electrons. The first-order valence-corrected chi connectivity index (χ1v) is 13.4. The zero-order valence-electron chi connectivity index (χ0n) is 23.0. The van der Waals surface area contributed by atoms with Gasteiger partial charge in [-0.2, -0.15) is 0 Å². The third-order valence-electron chi connectivity index (χ3n) is 6.62. The van der Waals surface area contributed by atoms with Crippen LogP contribution in [0.25, 0.3) is 0 Å². The first-order chi connectivity index (χ1) is 19.2. The normalized spacial score (nSPS) is 14.8. The summed E-state index contributed by atoms with van der Waals surface area (Å²) < 4.78 is 30.7. The Kier molecular flexibility index (Phi) is 9.74. The van der Waals surface area contributed by atoms with Gasteiger partial charge in [0, 0.05) is 37.5 Å². The van der Waals surface area contributed by atoms with Crippen molar-refractivity contribution in [3.8, 4) is 17.2 Å². The van der Waals surface area contributed by atoms with Crippen LogP contribution in [0.2, 0.25) is 0 Å². The highest BCUT2D eigenvalue weighted by Gasteiger charge is 2.21. The molecule has 1 saturated heterocycles. The number of esters is 1. The van der Waals surface area contributed by atoms with Gasteiger partial charge >= 0.3 is 11.9 Å². The van der Waals surface area contributed by atoms with Crippen LogP contribution in [0, 0.1) is 19.7 Å². The van der Waals surface area contributed by atoms with Crippen molar-refractivity contribution in [3.05, 3.63) is 82.7 Å². The minimum absolute atomic E-state index is 0.0864. The number of carbonyl (C=O) groups excluding carboxylic acids is 2. The van der Waals surface area contributed by atoms with Gasteiger partial charge in [-0.3, -0.25) is 9.69 Å². The number of anilines is 1. The summed E-state index contributed by atoms with van der Waals surface area (Å²) in [5.74, 6) is -0.810. The molecule has 8 nitrogen and oxygen atoms in total. The molecule has 1 unspecified atom stereocenters. The number of aromatic hydroxyl groups is 1. The number of hydrogen-bond acceptors (Lipinski definition) is 7. The SMILES string of the molecule is CCOC(=O)C(=O)Nc1cc(C)c(Oc2ccc(O)c(CN(Cc3cccc(F)c3)CC3CCCO3)c2)c(C)c1. The van der Waals surface area contributed by atoms with Gasteiger partial charge in [-0.25, -0.2) is 9.18 Å². The van der Waals surface area contributed by atoms with Crippen molar-refractivity contribution in [1.82, 2.24) is 4.90 Å². The van der Waals surface area contributed by atoms with Crippen LogP contribution in [0.5, 0.6) is 17.2 Å². The highest BCUT2D eigenvalue weighted by Crippen LogP contribution is 2.34. The summed E-state index contributed by atoms with van der Waals surface area (Å²) >= 11 is 0. The molecule has 1 aliphatic rings. The van der Waals surface area contributed by atoms with E-state index in [0.717, 1.165) is 36.1 Å². The fourth-order valence-electron chi connectivity index (χ4n) is 4.83. The number of aryl methyl sites for hydroxylation is 2. The zero-order chi connectivity index (χ0) is 28.6. The first-order valence-electron chi connectivity index (χ1n) is 13.4. The van der Waals surface area contributed by atoms with E-state index < -0.39 is 11.9 Å². The predicted octanol–water partition coefficient (Wildman–Crippen LogP) is 5.62. The van der Waals surface area contributed by atoms with Crippen molar-refractivity contribution in [3.63, 3.8) is 0 Å². The number of nitrogens with zero attached hydrogens (tertiary/aromatic N) is 1. The molecule has 3 aromatic rings. The van der Waals surface area contributed by atoms with Crippen molar-refractivity contribution in [2.75, 3.05) is 25.1 Å². The van der Waals surface area contributed by atoms with Crippen LogP contribution in [0.1, 0.15) is 42.0 Å². The number of ether oxygens (including phenoxy) is 3. The Balaban J connectivity index is 1.51. The summed E-state index contributed by atoms with van der Waals surface area (Å²) in [4.78, 5) is 25.8. The van der Waals surface area contributed by atoms with E-state index in [0.29, 0.717) is 42.4 Å². The molecule has 9 heteroatoms. The number of rotatable bonds is 10. The Hall–Kier alpha value is -3.95. The molecule has 0 spiro atoms. The molecule has 1 fully saturated rings. The first kappa shape index (κ1) is 29.0. The van der Waals surface area contributed by atoms with Gasteiger partial charge in [0.25, 0.3) is 0 Å². The third-order valence-corrected chi connectivity index (χ3v) is 6.62. The van der Waals surface area contributed by atoms with E-state index in [1.54, 1.807) is 43.3 Å². The van der Waals surface area contributed by atoms with Crippen molar-refractivity contribution in [1.29, 1.82) is 0 Å². The largest absolute Gasteiger partial charge is 0.508 e. The minimum Gasteiger partial charge on any atom is -0.508 e.